The lowest BCUT2D eigenvalue weighted by molar-refractivity contribution is -0.111. The third-order valence-corrected chi connectivity index (χ3v) is 3.33. The molecule has 5 heteroatoms. The third kappa shape index (κ3) is 3.83. The molecular formula is C18H17NO4. The van der Waals surface area contributed by atoms with Crippen LogP contribution in [-0.4, -0.2) is 26.2 Å². The van der Waals surface area contributed by atoms with Crippen molar-refractivity contribution in [3.8, 4) is 17.2 Å². The number of carbonyl (C=O) groups is 1. The van der Waals surface area contributed by atoms with Crippen molar-refractivity contribution in [1.82, 2.24) is 0 Å². The van der Waals surface area contributed by atoms with Gasteiger partial charge in [-0.3, -0.25) is 4.79 Å². The van der Waals surface area contributed by atoms with Crippen LogP contribution >= 0.6 is 0 Å². The molecule has 1 N–H and O–H groups in total. The van der Waals surface area contributed by atoms with Crippen LogP contribution in [0.3, 0.4) is 0 Å². The van der Waals surface area contributed by atoms with E-state index in [9.17, 15) is 4.79 Å². The molecular weight excluding hydrogens is 294 g/mol. The minimum Gasteiger partial charge on any atom is -0.497 e. The number of anilines is 1. The van der Waals surface area contributed by atoms with Gasteiger partial charge in [0.2, 0.25) is 5.91 Å². The summed E-state index contributed by atoms with van der Waals surface area (Å²) in [6.07, 6.45) is 3.21. The van der Waals surface area contributed by atoms with E-state index in [0.717, 1.165) is 11.3 Å². The monoisotopic (exact) mass is 311 g/mol. The topological polar surface area (TPSA) is 56.8 Å². The van der Waals surface area contributed by atoms with Crippen LogP contribution in [-0.2, 0) is 4.79 Å². The SMILES string of the molecule is COc1cccc(/C=C/C(=O)Nc2ccc3c(c2)OCCO3)c1. The fraction of sp³-hybridized carbons (Fsp3) is 0.167. The summed E-state index contributed by atoms with van der Waals surface area (Å²) < 4.78 is 16.1. The summed E-state index contributed by atoms with van der Waals surface area (Å²) in [7, 11) is 1.61. The first-order valence-corrected chi connectivity index (χ1v) is 7.27. The summed E-state index contributed by atoms with van der Waals surface area (Å²) in [5.74, 6) is 1.87. The molecule has 1 aliphatic heterocycles. The van der Waals surface area contributed by atoms with Gasteiger partial charge in [0.25, 0.3) is 0 Å². The molecule has 0 aromatic heterocycles. The molecule has 1 aliphatic rings. The van der Waals surface area contributed by atoms with Crippen molar-refractivity contribution in [3.05, 3.63) is 54.1 Å². The summed E-state index contributed by atoms with van der Waals surface area (Å²) in [6, 6.07) is 12.8. The number of rotatable bonds is 4. The van der Waals surface area contributed by atoms with Gasteiger partial charge in [0.05, 0.1) is 7.11 Å². The number of amides is 1. The Bertz CT molecular complexity index is 740. The van der Waals surface area contributed by atoms with Crippen LogP contribution in [0.25, 0.3) is 6.08 Å². The van der Waals surface area contributed by atoms with Crippen molar-refractivity contribution >= 4 is 17.7 Å². The molecule has 2 aromatic carbocycles. The minimum absolute atomic E-state index is 0.218. The van der Waals surface area contributed by atoms with Gasteiger partial charge in [-0.25, -0.2) is 0 Å². The second-order valence-electron chi connectivity index (χ2n) is 4.96. The molecule has 3 rings (SSSR count). The molecule has 0 spiro atoms. The third-order valence-electron chi connectivity index (χ3n) is 3.33. The van der Waals surface area contributed by atoms with Crippen molar-refractivity contribution in [1.29, 1.82) is 0 Å². The first kappa shape index (κ1) is 15.0. The lowest BCUT2D eigenvalue weighted by Gasteiger charge is -2.18. The van der Waals surface area contributed by atoms with Crippen molar-refractivity contribution < 1.29 is 19.0 Å². The Kier molecular flexibility index (Phi) is 4.47. The van der Waals surface area contributed by atoms with E-state index in [0.29, 0.717) is 30.4 Å². The Morgan fingerprint density at radius 3 is 2.78 bits per heavy atom. The standard InChI is InChI=1S/C18H17NO4/c1-21-15-4-2-3-13(11-15)5-8-18(20)19-14-6-7-16-17(12-14)23-10-9-22-16/h2-8,11-12H,9-10H2,1H3,(H,19,20)/b8-5+. The number of ether oxygens (including phenoxy) is 3. The van der Waals surface area contributed by atoms with Gasteiger partial charge < -0.3 is 19.5 Å². The van der Waals surface area contributed by atoms with Crippen molar-refractivity contribution in [2.24, 2.45) is 0 Å². The Labute approximate surface area is 134 Å². The number of carbonyl (C=O) groups excluding carboxylic acids is 1. The number of hydrogen-bond donors (Lipinski definition) is 1. The molecule has 0 radical (unpaired) electrons. The number of hydrogen-bond acceptors (Lipinski definition) is 4. The quantitative estimate of drug-likeness (QED) is 0.882. The average Bonchev–Trinajstić information content (AvgIpc) is 2.60. The van der Waals surface area contributed by atoms with Crippen LogP contribution in [0.2, 0.25) is 0 Å². The Morgan fingerprint density at radius 1 is 1.13 bits per heavy atom. The molecule has 0 saturated carbocycles. The van der Waals surface area contributed by atoms with Crippen LogP contribution in [0.15, 0.2) is 48.5 Å². The fourth-order valence-electron chi connectivity index (χ4n) is 2.22. The molecule has 5 nitrogen and oxygen atoms in total. The second-order valence-corrected chi connectivity index (χ2v) is 4.96. The van der Waals surface area contributed by atoms with Gasteiger partial charge in [-0.05, 0) is 35.9 Å². The number of nitrogens with one attached hydrogen (secondary N) is 1. The van der Waals surface area contributed by atoms with Crippen molar-refractivity contribution in [3.63, 3.8) is 0 Å². The number of fused-ring (bicyclic) bond motifs is 1. The van der Waals surface area contributed by atoms with E-state index >= 15 is 0 Å². The van der Waals surface area contributed by atoms with E-state index in [1.165, 1.54) is 6.08 Å². The van der Waals surface area contributed by atoms with Gasteiger partial charge >= 0.3 is 0 Å². The lowest BCUT2D eigenvalue weighted by atomic mass is 10.2. The molecule has 0 bridgehead atoms. The van der Waals surface area contributed by atoms with Gasteiger partial charge in [0, 0.05) is 17.8 Å². The lowest BCUT2D eigenvalue weighted by Crippen LogP contribution is -2.16. The Balaban J connectivity index is 1.65. The van der Waals surface area contributed by atoms with Gasteiger partial charge in [0.1, 0.15) is 19.0 Å². The van der Waals surface area contributed by atoms with E-state index in [4.69, 9.17) is 14.2 Å². The Hall–Kier alpha value is -2.95. The minimum atomic E-state index is -0.218. The number of benzene rings is 2. The largest absolute Gasteiger partial charge is 0.497 e. The predicted molar refractivity (Wildman–Crippen MR) is 88.1 cm³/mol. The van der Waals surface area contributed by atoms with Crippen molar-refractivity contribution in [2.45, 2.75) is 0 Å². The molecule has 0 fully saturated rings. The van der Waals surface area contributed by atoms with Gasteiger partial charge in [-0.1, -0.05) is 12.1 Å². The maximum absolute atomic E-state index is 12.0. The van der Waals surface area contributed by atoms with E-state index in [1.54, 1.807) is 31.4 Å². The van der Waals surface area contributed by atoms with E-state index in [1.807, 2.05) is 24.3 Å². The van der Waals surface area contributed by atoms with Gasteiger partial charge in [0.15, 0.2) is 11.5 Å². The Morgan fingerprint density at radius 2 is 1.96 bits per heavy atom. The van der Waals surface area contributed by atoms with Gasteiger partial charge in [-0.2, -0.15) is 0 Å². The maximum atomic E-state index is 12.0. The van der Waals surface area contributed by atoms with Crippen LogP contribution in [0.4, 0.5) is 5.69 Å². The average molecular weight is 311 g/mol. The van der Waals surface area contributed by atoms with Crippen LogP contribution in [0, 0.1) is 0 Å². The highest BCUT2D eigenvalue weighted by Gasteiger charge is 2.12. The summed E-state index contributed by atoms with van der Waals surface area (Å²) >= 11 is 0. The zero-order valence-electron chi connectivity index (χ0n) is 12.7. The molecule has 0 aliphatic carbocycles. The summed E-state index contributed by atoms with van der Waals surface area (Å²) in [4.78, 5) is 12.0. The van der Waals surface area contributed by atoms with Crippen LogP contribution < -0.4 is 19.5 Å². The first-order valence-electron chi connectivity index (χ1n) is 7.27. The van der Waals surface area contributed by atoms with Crippen LogP contribution in [0.1, 0.15) is 5.56 Å². The van der Waals surface area contributed by atoms with E-state index in [-0.39, 0.29) is 5.91 Å². The zero-order valence-corrected chi connectivity index (χ0v) is 12.7. The first-order chi connectivity index (χ1) is 11.2. The van der Waals surface area contributed by atoms with E-state index in [2.05, 4.69) is 5.32 Å². The van der Waals surface area contributed by atoms with Crippen LogP contribution in [0.5, 0.6) is 17.2 Å². The second kappa shape index (κ2) is 6.87. The molecule has 1 amide bonds. The maximum Gasteiger partial charge on any atom is 0.248 e. The predicted octanol–water partition coefficient (Wildman–Crippen LogP) is 3.12. The molecule has 2 aromatic rings. The fourth-order valence-corrected chi connectivity index (χ4v) is 2.22. The molecule has 1 heterocycles. The smallest absolute Gasteiger partial charge is 0.248 e. The molecule has 0 saturated heterocycles. The highest BCUT2D eigenvalue weighted by molar-refractivity contribution is 6.02. The van der Waals surface area contributed by atoms with E-state index < -0.39 is 0 Å². The summed E-state index contributed by atoms with van der Waals surface area (Å²) in [5.41, 5.74) is 1.55. The molecule has 0 unspecified atom stereocenters. The molecule has 0 atom stereocenters. The highest BCUT2D eigenvalue weighted by Crippen LogP contribution is 2.32. The number of methoxy groups -OCH3 is 1. The normalized spacial score (nSPS) is 12.9. The molecule has 23 heavy (non-hydrogen) atoms. The van der Waals surface area contributed by atoms with Gasteiger partial charge in [-0.15, -0.1) is 0 Å². The zero-order chi connectivity index (χ0) is 16.1. The summed E-state index contributed by atoms with van der Waals surface area (Å²) in [6.45, 7) is 1.06. The molecule has 118 valence electrons. The summed E-state index contributed by atoms with van der Waals surface area (Å²) in [5, 5.41) is 2.80. The van der Waals surface area contributed by atoms with Crippen molar-refractivity contribution in [2.75, 3.05) is 25.6 Å². The highest BCUT2D eigenvalue weighted by atomic mass is 16.6.